The molecule has 0 aromatic carbocycles. The molecule has 0 saturated carbocycles. The zero-order valence-electron chi connectivity index (χ0n) is 15.7. The van der Waals surface area contributed by atoms with Crippen LogP contribution in [-0.4, -0.2) is 15.0 Å². The SMILES string of the molecule is Cc1ccc(CC=C(Cc2ccc(C)cn2)Cc2ccc(C)cn2)nc1. The lowest BCUT2D eigenvalue weighted by molar-refractivity contribution is 0.933. The van der Waals surface area contributed by atoms with Crippen molar-refractivity contribution in [1.82, 2.24) is 15.0 Å². The fourth-order valence-electron chi connectivity index (χ4n) is 2.75. The number of aryl methyl sites for hydroxylation is 3. The first-order valence-corrected chi connectivity index (χ1v) is 9.01. The van der Waals surface area contributed by atoms with E-state index >= 15 is 0 Å². The highest BCUT2D eigenvalue weighted by atomic mass is 14.7. The lowest BCUT2D eigenvalue weighted by Gasteiger charge is -2.09. The van der Waals surface area contributed by atoms with Crippen LogP contribution in [0.4, 0.5) is 0 Å². The third-order valence-corrected chi connectivity index (χ3v) is 4.33. The van der Waals surface area contributed by atoms with Crippen molar-refractivity contribution in [2.75, 3.05) is 0 Å². The Labute approximate surface area is 155 Å². The Morgan fingerprint density at radius 3 is 1.46 bits per heavy atom. The van der Waals surface area contributed by atoms with Gasteiger partial charge in [-0.3, -0.25) is 15.0 Å². The van der Waals surface area contributed by atoms with Crippen LogP contribution >= 0.6 is 0 Å². The number of aromatic nitrogens is 3. The smallest absolute Gasteiger partial charge is 0.0444 e. The highest BCUT2D eigenvalue weighted by Crippen LogP contribution is 2.14. The summed E-state index contributed by atoms with van der Waals surface area (Å²) in [6, 6.07) is 12.7. The van der Waals surface area contributed by atoms with Crippen molar-refractivity contribution in [3.05, 3.63) is 100 Å². The van der Waals surface area contributed by atoms with Crippen molar-refractivity contribution in [3.8, 4) is 0 Å². The number of rotatable bonds is 6. The molecule has 0 aliphatic rings. The number of allylic oxidation sites excluding steroid dienone is 2. The lowest BCUT2D eigenvalue weighted by atomic mass is 10.0. The van der Waals surface area contributed by atoms with Crippen LogP contribution in [0.2, 0.25) is 0 Å². The Balaban J connectivity index is 1.79. The number of pyridine rings is 3. The molecule has 3 aromatic heterocycles. The van der Waals surface area contributed by atoms with Crippen molar-refractivity contribution in [1.29, 1.82) is 0 Å². The summed E-state index contributed by atoms with van der Waals surface area (Å²) in [5.74, 6) is 0. The maximum atomic E-state index is 4.56. The lowest BCUT2D eigenvalue weighted by Crippen LogP contribution is -2.01. The highest BCUT2D eigenvalue weighted by Gasteiger charge is 2.05. The van der Waals surface area contributed by atoms with Gasteiger partial charge in [0.15, 0.2) is 0 Å². The fraction of sp³-hybridized carbons (Fsp3) is 0.261. The van der Waals surface area contributed by atoms with Gasteiger partial charge in [-0.25, -0.2) is 0 Å². The van der Waals surface area contributed by atoms with E-state index in [0.29, 0.717) is 0 Å². The molecule has 26 heavy (non-hydrogen) atoms. The molecule has 0 saturated heterocycles. The molecule has 0 radical (unpaired) electrons. The zero-order chi connectivity index (χ0) is 18.4. The van der Waals surface area contributed by atoms with Gasteiger partial charge in [-0.1, -0.05) is 29.8 Å². The van der Waals surface area contributed by atoms with Crippen LogP contribution in [0.1, 0.15) is 33.8 Å². The third kappa shape index (κ3) is 5.35. The van der Waals surface area contributed by atoms with E-state index in [1.165, 1.54) is 22.3 Å². The van der Waals surface area contributed by atoms with E-state index in [2.05, 4.69) is 78.2 Å². The van der Waals surface area contributed by atoms with E-state index in [1.807, 2.05) is 18.6 Å². The zero-order valence-corrected chi connectivity index (χ0v) is 15.7. The number of hydrogen-bond acceptors (Lipinski definition) is 3. The van der Waals surface area contributed by atoms with Gasteiger partial charge in [0.25, 0.3) is 0 Å². The van der Waals surface area contributed by atoms with Crippen LogP contribution in [0, 0.1) is 20.8 Å². The van der Waals surface area contributed by atoms with Gasteiger partial charge in [0.1, 0.15) is 0 Å². The highest BCUT2D eigenvalue weighted by molar-refractivity contribution is 5.25. The summed E-state index contributed by atoms with van der Waals surface area (Å²) in [5.41, 5.74) is 8.14. The Hall–Kier alpha value is -2.81. The molecule has 0 amide bonds. The molecule has 0 unspecified atom stereocenters. The predicted octanol–water partition coefficient (Wildman–Crippen LogP) is 4.75. The van der Waals surface area contributed by atoms with Crippen LogP contribution in [0.25, 0.3) is 0 Å². The van der Waals surface area contributed by atoms with Crippen LogP contribution in [0.3, 0.4) is 0 Å². The molecule has 3 rings (SSSR count). The molecule has 0 spiro atoms. The standard InChI is InChI=1S/C23H25N3/c1-17-4-8-21(24-14-17)11-7-20(12-22-9-5-18(2)15-25-22)13-23-10-6-19(3)16-26-23/h4-10,14-16H,11-13H2,1-3H3. The van der Waals surface area contributed by atoms with E-state index in [-0.39, 0.29) is 0 Å². The largest absolute Gasteiger partial charge is 0.261 e. The monoisotopic (exact) mass is 343 g/mol. The molecular formula is C23H25N3. The summed E-state index contributed by atoms with van der Waals surface area (Å²) in [7, 11) is 0. The quantitative estimate of drug-likeness (QED) is 0.606. The van der Waals surface area contributed by atoms with Gasteiger partial charge in [0.05, 0.1) is 0 Å². The van der Waals surface area contributed by atoms with Crippen molar-refractivity contribution in [3.63, 3.8) is 0 Å². The van der Waals surface area contributed by atoms with Gasteiger partial charge in [-0.15, -0.1) is 0 Å². The summed E-state index contributed by atoms with van der Waals surface area (Å²) < 4.78 is 0. The Bertz CT molecular complexity index is 811. The molecule has 3 aromatic rings. The van der Waals surface area contributed by atoms with Gasteiger partial charge in [0.2, 0.25) is 0 Å². The summed E-state index contributed by atoms with van der Waals surface area (Å²) in [5, 5.41) is 0. The van der Waals surface area contributed by atoms with E-state index in [4.69, 9.17) is 0 Å². The second-order valence-electron chi connectivity index (χ2n) is 6.90. The Morgan fingerprint density at radius 1 is 0.654 bits per heavy atom. The summed E-state index contributed by atoms with van der Waals surface area (Å²) in [6.45, 7) is 6.18. The van der Waals surface area contributed by atoms with Crippen molar-refractivity contribution >= 4 is 0 Å². The van der Waals surface area contributed by atoms with E-state index in [0.717, 1.165) is 36.3 Å². The number of nitrogens with zero attached hydrogens (tertiary/aromatic N) is 3. The molecule has 0 N–H and O–H groups in total. The van der Waals surface area contributed by atoms with Gasteiger partial charge in [0, 0.05) is 54.9 Å². The van der Waals surface area contributed by atoms with Gasteiger partial charge in [-0.2, -0.15) is 0 Å². The van der Waals surface area contributed by atoms with Gasteiger partial charge in [-0.05, 0) is 55.7 Å². The minimum absolute atomic E-state index is 0.827. The van der Waals surface area contributed by atoms with Crippen molar-refractivity contribution in [2.24, 2.45) is 0 Å². The van der Waals surface area contributed by atoms with Gasteiger partial charge < -0.3 is 0 Å². The van der Waals surface area contributed by atoms with Crippen LogP contribution in [0.15, 0.2) is 66.6 Å². The molecular weight excluding hydrogens is 318 g/mol. The minimum Gasteiger partial charge on any atom is -0.261 e. The Morgan fingerprint density at radius 2 is 1.08 bits per heavy atom. The Kier molecular flexibility index (Phi) is 5.90. The van der Waals surface area contributed by atoms with Crippen LogP contribution in [0.5, 0.6) is 0 Å². The van der Waals surface area contributed by atoms with Crippen molar-refractivity contribution in [2.45, 2.75) is 40.0 Å². The molecule has 0 atom stereocenters. The molecule has 0 aliphatic heterocycles. The second-order valence-corrected chi connectivity index (χ2v) is 6.90. The fourth-order valence-corrected chi connectivity index (χ4v) is 2.75. The van der Waals surface area contributed by atoms with Crippen molar-refractivity contribution < 1.29 is 0 Å². The first-order valence-electron chi connectivity index (χ1n) is 9.01. The van der Waals surface area contributed by atoms with E-state index in [1.54, 1.807) is 0 Å². The van der Waals surface area contributed by atoms with Crippen LogP contribution in [-0.2, 0) is 19.3 Å². The molecule has 3 heteroatoms. The summed E-state index contributed by atoms with van der Waals surface area (Å²) in [6.07, 6.45) is 10.6. The van der Waals surface area contributed by atoms with Crippen LogP contribution < -0.4 is 0 Å². The molecule has 0 aliphatic carbocycles. The summed E-state index contributed by atoms with van der Waals surface area (Å²) >= 11 is 0. The topological polar surface area (TPSA) is 38.7 Å². The molecule has 132 valence electrons. The second kappa shape index (κ2) is 8.52. The number of hydrogen-bond donors (Lipinski definition) is 0. The molecule has 0 fully saturated rings. The normalized spacial score (nSPS) is 10.6. The molecule has 3 heterocycles. The first-order chi connectivity index (χ1) is 12.6. The maximum absolute atomic E-state index is 4.56. The van der Waals surface area contributed by atoms with Gasteiger partial charge >= 0.3 is 0 Å². The first kappa shape index (κ1) is 18.0. The third-order valence-electron chi connectivity index (χ3n) is 4.33. The predicted molar refractivity (Wildman–Crippen MR) is 106 cm³/mol. The van der Waals surface area contributed by atoms with E-state index < -0.39 is 0 Å². The minimum atomic E-state index is 0.827. The van der Waals surface area contributed by atoms with E-state index in [9.17, 15) is 0 Å². The molecule has 3 nitrogen and oxygen atoms in total. The molecule has 0 bridgehead atoms. The average molecular weight is 343 g/mol. The maximum Gasteiger partial charge on any atom is 0.0444 e. The average Bonchev–Trinajstić information content (AvgIpc) is 2.65. The summed E-state index contributed by atoms with van der Waals surface area (Å²) in [4.78, 5) is 13.6.